The van der Waals surface area contributed by atoms with Crippen LogP contribution in [-0.2, 0) is 32.8 Å². The number of hydrogen-bond acceptors (Lipinski definition) is 16. The summed E-state index contributed by atoms with van der Waals surface area (Å²) in [7, 11) is -5.67. The van der Waals surface area contributed by atoms with Crippen LogP contribution in [-0.4, -0.2) is 114 Å². The van der Waals surface area contributed by atoms with Gasteiger partial charge in [-0.2, -0.15) is 10.2 Å². The van der Waals surface area contributed by atoms with Gasteiger partial charge in [-0.1, -0.05) is 32.0 Å². The molecule has 5 aromatic rings. The fraction of sp³-hybridized carbons (Fsp3) is 0.486. The van der Waals surface area contributed by atoms with Gasteiger partial charge < -0.3 is 39.2 Å². The Morgan fingerprint density at radius 3 is 2.40 bits per heavy atom. The van der Waals surface area contributed by atoms with E-state index in [1.165, 1.54) is 15.5 Å². The lowest BCUT2D eigenvalue weighted by Gasteiger charge is -2.45. The van der Waals surface area contributed by atoms with Crippen molar-refractivity contribution in [2.45, 2.75) is 95.0 Å². The van der Waals surface area contributed by atoms with Crippen molar-refractivity contribution in [2.75, 3.05) is 17.2 Å². The molecule has 3 aliphatic heterocycles. The average Bonchev–Trinajstić information content (AvgIpc) is 4.04. The summed E-state index contributed by atoms with van der Waals surface area (Å²) in [6.45, 7) is 5.47. The van der Waals surface area contributed by atoms with Crippen LogP contribution < -0.4 is 16.2 Å². The molecule has 25 heteroatoms. The molecule has 4 aromatic heterocycles. The van der Waals surface area contributed by atoms with Crippen molar-refractivity contribution in [2.24, 2.45) is 11.8 Å². The first-order chi connectivity index (χ1) is 29.4. The number of nitrogens with zero attached hydrogens (tertiary/aromatic N) is 8. The first-order valence-corrected chi connectivity index (χ1v) is 20.8. The molecule has 62 heavy (non-hydrogen) atoms. The molecular weight excluding hydrogens is 840 g/mol. The fourth-order valence-electron chi connectivity index (χ4n) is 8.34. The van der Waals surface area contributed by atoms with Gasteiger partial charge in [-0.25, -0.2) is 28.9 Å². The second-order valence-electron chi connectivity index (χ2n) is 15.7. The van der Waals surface area contributed by atoms with Crippen molar-refractivity contribution in [3.05, 3.63) is 65.2 Å². The predicted octanol–water partition coefficient (Wildman–Crippen LogP) is 2.22. The minimum atomic E-state index is -5.67. The summed E-state index contributed by atoms with van der Waals surface area (Å²) >= 11 is 0. The van der Waals surface area contributed by atoms with Crippen molar-refractivity contribution in [3.63, 3.8) is 0 Å². The van der Waals surface area contributed by atoms with Crippen LogP contribution in [0.25, 0.3) is 22.3 Å². The van der Waals surface area contributed by atoms with Crippen LogP contribution in [0.15, 0.2) is 54.1 Å². The SMILES string of the molecule is CC(C)C(=O)Nc1nc2c(ncn2[C@@H]2O[C@@H](C(CCC#N)(OP(=O)(O)O)[C@@H]3[C@@H](F)[C@H](n4cnc5c(NC(=O)c6ccccc6)ncnc54)O[C@H]3CO)[C@H]3OC(C)(C)O[C@H]32)c(=O)[nH]1. The van der Waals surface area contributed by atoms with E-state index in [1.54, 1.807) is 58.0 Å². The third-order valence-electron chi connectivity index (χ3n) is 10.9. The molecule has 328 valence electrons. The maximum absolute atomic E-state index is 17.7. The van der Waals surface area contributed by atoms with Gasteiger partial charge in [0.2, 0.25) is 11.9 Å². The first-order valence-electron chi connectivity index (χ1n) is 19.3. The summed E-state index contributed by atoms with van der Waals surface area (Å²) in [4.78, 5) is 83.7. The maximum atomic E-state index is 17.7. The zero-order chi connectivity index (χ0) is 44.3. The number of anilines is 2. The number of carbonyl (C=O) groups excluding carboxylic acids is 2. The number of aliphatic hydroxyl groups excluding tert-OH is 1. The van der Waals surface area contributed by atoms with Gasteiger partial charge in [0.25, 0.3) is 11.5 Å². The number of aromatic amines is 1. The van der Waals surface area contributed by atoms with Crippen LogP contribution >= 0.6 is 7.82 Å². The minimum absolute atomic E-state index is 0.0168. The highest BCUT2D eigenvalue weighted by Gasteiger charge is 2.69. The van der Waals surface area contributed by atoms with E-state index in [2.05, 4.69) is 40.5 Å². The van der Waals surface area contributed by atoms with E-state index in [0.717, 1.165) is 12.7 Å². The number of fused-ring (bicyclic) bond motifs is 3. The number of nitriles is 1. The summed E-state index contributed by atoms with van der Waals surface area (Å²) in [5, 5.41) is 25.9. The molecule has 8 rings (SSSR count). The lowest BCUT2D eigenvalue weighted by molar-refractivity contribution is -0.233. The molecule has 0 aliphatic carbocycles. The highest BCUT2D eigenvalue weighted by atomic mass is 31.2. The molecule has 0 bridgehead atoms. The van der Waals surface area contributed by atoms with Gasteiger partial charge in [0, 0.05) is 17.9 Å². The second-order valence-corrected chi connectivity index (χ2v) is 16.8. The molecule has 0 spiro atoms. The molecule has 2 amide bonds. The molecule has 0 saturated carbocycles. The highest BCUT2D eigenvalue weighted by molar-refractivity contribution is 7.46. The van der Waals surface area contributed by atoms with Gasteiger partial charge in [-0.3, -0.25) is 38.3 Å². The second kappa shape index (κ2) is 16.3. The number of ether oxygens (including phenoxy) is 4. The number of nitrogens with one attached hydrogen (secondary N) is 3. The van der Waals surface area contributed by atoms with E-state index >= 15 is 4.39 Å². The number of carbonyl (C=O) groups is 2. The van der Waals surface area contributed by atoms with Crippen molar-refractivity contribution in [3.8, 4) is 6.07 Å². The van der Waals surface area contributed by atoms with E-state index in [1.807, 2.05) is 6.07 Å². The van der Waals surface area contributed by atoms with E-state index in [9.17, 15) is 39.1 Å². The summed E-state index contributed by atoms with van der Waals surface area (Å²) < 4.78 is 64.3. The van der Waals surface area contributed by atoms with Crippen molar-refractivity contribution in [1.29, 1.82) is 5.26 Å². The number of alkyl halides is 1. The Bertz CT molecular complexity index is 2670. The van der Waals surface area contributed by atoms with Crippen LogP contribution in [0.1, 0.15) is 63.4 Å². The molecule has 7 heterocycles. The summed E-state index contributed by atoms with van der Waals surface area (Å²) in [5.41, 5.74) is -3.20. The standard InChI is InChI=1S/C37H41FN11O12P/c1-17(2)30(51)46-35-45-29-23(32(53)47-35)43-16-49(29)34-25-24(59-36(3,4)60-25)26(58-34)37(11-8-12-39,61-62(54,55)56)20-19(13-50)57-33(21(20)38)48-15-42-22-27(40-14-41-28(22)48)44-31(52)18-9-6-5-7-10-18/h5-7,9-10,14-17,19-21,24-26,33-34,50H,8,11,13H2,1-4H3,(H2,54,55,56)(H,40,41,44,52)(H2,45,46,47,51,53)/t19-,20-,21+,24-,25+,26+,33+,34+,37?/m0/s1. The highest BCUT2D eigenvalue weighted by Crippen LogP contribution is 2.59. The number of halogens is 1. The normalized spacial score (nSPS) is 26.7. The monoisotopic (exact) mass is 881 g/mol. The van der Waals surface area contributed by atoms with Crippen LogP contribution in [0.5, 0.6) is 0 Å². The van der Waals surface area contributed by atoms with Gasteiger partial charge >= 0.3 is 7.82 Å². The number of rotatable bonds is 13. The van der Waals surface area contributed by atoms with Gasteiger partial charge in [0.15, 0.2) is 52.6 Å². The molecule has 0 radical (unpaired) electrons. The maximum Gasteiger partial charge on any atom is 0.470 e. The number of aliphatic hydroxyl groups is 1. The van der Waals surface area contributed by atoms with Crippen LogP contribution in [0.4, 0.5) is 16.2 Å². The number of phosphoric acid groups is 1. The molecule has 1 unspecified atom stereocenters. The summed E-state index contributed by atoms with van der Waals surface area (Å²) in [6, 6.07) is 10.2. The van der Waals surface area contributed by atoms with Crippen LogP contribution in [0, 0.1) is 23.2 Å². The number of amides is 2. The van der Waals surface area contributed by atoms with E-state index < -0.39 is 111 Å². The minimum Gasteiger partial charge on any atom is -0.394 e. The van der Waals surface area contributed by atoms with Crippen molar-refractivity contribution in [1.82, 2.24) is 39.0 Å². The number of hydrogen-bond donors (Lipinski definition) is 6. The predicted molar refractivity (Wildman–Crippen MR) is 209 cm³/mol. The fourth-order valence-corrected chi connectivity index (χ4v) is 9.10. The van der Waals surface area contributed by atoms with Crippen LogP contribution in [0.2, 0.25) is 0 Å². The number of benzene rings is 1. The topological polar surface area (TPSA) is 313 Å². The molecule has 23 nitrogen and oxygen atoms in total. The van der Waals surface area contributed by atoms with Crippen molar-refractivity contribution >= 4 is 53.7 Å². The van der Waals surface area contributed by atoms with Gasteiger partial charge in [-0.15, -0.1) is 0 Å². The Labute approximate surface area is 349 Å². The van der Waals surface area contributed by atoms with E-state index in [-0.39, 0.29) is 34.1 Å². The molecule has 3 fully saturated rings. The van der Waals surface area contributed by atoms with Gasteiger partial charge in [0.1, 0.15) is 30.2 Å². The van der Waals surface area contributed by atoms with E-state index in [0.29, 0.717) is 5.56 Å². The molecule has 3 aliphatic rings. The lowest BCUT2D eigenvalue weighted by Crippen LogP contribution is -2.60. The zero-order valence-corrected chi connectivity index (χ0v) is 34.2. The average molecular weight is 882 g/mol. The van der Waals surface area contributed by atoms with Crippen molar-refractivity contribution < 1.29 is 56.9 Å². The third kappa shape index (κ3) is 7.76. The van der Waals surface area contributed by atoms with Gasteiger partial charge in [0.05, 0.1) is 37.4 Å². The Morgan fingerprint density at radius 2 is 1.73 bits per heavy atom. The number of aromatic nitrogens is 8. The number of imidazole rings is 2. The first kappa shape index (κ1) is 43.1. The molecule has 3 saturated heterocycles. The molecular formula is C37H41FN11O12P. The Balaban J connectivity index is 1.21. The Morgan fingerprint density at radius 1 is 1.03 bits per heavy atom. The largest absolute Gasteiger partial charge is 0.470 e. The quantitative estimate of drug-likeness (QED) is 0.0924. The molecule has 1 aromatic carbocycles. The summed E-state index contributed by atoms with van der Waals surface area (Å²) in [6.07, 6.45) is -8.81. The summed E-state index contributed by atoms with van der Waals surface area (Å²) in [5.74, 6) is -4.91. The van der Waals surface area contributed by atoms with E-state index in [4.69, 9.17) is 23.5 Å². The molecule has 6 N–H and O–H groups in total. The smallest absolute Gasteiger partial charge is 0.394 e. The lowest BCUT2D eigenvalue weighted by atomic mass is 9.73. The number of phosphoric ester groups is 1. The Kier molecular flexibility index (Phi) is 11.3. The van der Waals surface area contributed by atoms with Gasteiger partial charge in [-0.05, 0) is 32.4 Å². The number of H-pyrrole nitrogens is 1. The Hall–Kier alpha value is -5.61. The molecule has 9 atom stereocenters. The third-order valence-corrected chi connectivity index (χ3v) is 11.5. The zero-order valence-electron chi connectivity index (χ0n) is 33.4. The van der Waals surface area contributed by atoms with Crippen LogP contribution in [0.3, 0.4) is 0 Å².